The first-order valence-electron chi connectivity index (χ1n) is 10.5. The van der Waals surface area contributed by atoms with E-state index in [2.05, 4.69) is 67.3 Å². The Morgan fingerprint density at radius 1 is 0.793 bits per heavy atom. The summed E-state index contributed by atoms with van der Waals surface area (Å²) in [5, 5.41) is 0. The molecule has 5 nitrogen and oxygen atoms in total. The van der Waals surface area contributed by atoms with Crippen LogP contribution < -0.4 is 9.64 Å². The first-order valence-corrected chi connectivity index (χ1v) is 10.5. The fraction of sp³-hybridized carbons (Fsp3) is 0.500. The van der Waals surface area contributed by atoms with Gasteiger partial charge in [0.05, 0.1) is 32.0 Å². The Balaban J connectivity index is 1.28. The molecule has 3 unspecified atom stereocenters. The second-order valence-corrected chi connectivity index (χ2v) is 8.78. The number of rotatable bonds is 10. The molecule has 3 aliphatic heterocycles. The van der Waals surface area contributed by atoms with Crippen LogP contribution in [0, 0.1) is 0 Å². The van der Waals surface area contributed by atoms with Crippen molar-refractivity contribution in [1.82, 2.24) is 0 Å². The van der Waals surface area contributed by atoms with Crippen molar-refractivity contribution < 1.29 is 18.9 Å². The summed E-state index contributed by atoms with van der Waals surface area (Å²) in [4.78, 5) is 2.39. The molecule has 5 heteroatoms. The van der Waals surface area contributed by atoms with Crippen molar-refractivity contribution in [1.29, 1.82) is 0 Å². The van der Waals surface area contributed by atoms with Gasteiger partial charge in [0.15, 0.2) is 0 Å². The van der Waals surface area contributed by atoms with Crippen LogP contribution >= 0.6 is 0 Å². The Labute approximate surface area is 172 Å². The van der Waals surface area contributed by atoms with Gasteiger partial charge in [0.1, 0.15) is 18.5 Å². The summed E-state index contributed by atoms with van der Waals surface area (Å²) in [5.41, 5.74) is 3.73. The lowest BCUT2D eigenvalue weighted by atomic mass is 9.78. The molecule has 0 radical (unpaired) electrons. The van der Waals surface area contributed by atoms with Gasteiger partial charge in [-0.3, -0.25) is 0 Å². The molecular formula is C24H29NO4. The zero-order valence-corrected chi connectivity index (χ0v) is 17.2. The molecule has 3 aliphatic rings. The molecule has 2 aromatic rings. The summed E-state index contributed by atoms with van der Waals surface area (Å²) in [6, 6.07) is 17.4. The van der Waals surface area contributed by atoms with Crippen LogP contribution in [0.4, 0.5) is 5.69 Å². The maximum atomic E-state index is 5.77. The third-order valence-corrected chi connectivity index (χ3v) is 6.02. The minimum Gasteiger partial charge on any atom is -0.491 e. The molecule has 0 N–H and O–H groups in total. The van der Waals surface area contributed by atoms with Crippen molar-refractivity contribution in [2.24, 2.45) is 0 Å². The molecule has 0 aromatic heterocycles. The van der Waals surface area contributed by atoms with Gasteiger partial charge in [-0.2, -0.15) is 0 Å². The second-order valence-electron chi connectivity index (χ2n) is 8.78. The molecule has 0 aliphatic carbocycles. The molecule has 3 heterocycles. The molecule has 0 spiro atoms. The van der Waals surface area contributed by atoms with E-state index < -0.39 is 0 Å². The Kier molecular flexibility index (Phi) is 4.98. The van der Waals surface area contributed by atoms with Crippen LogP contribution in [0.2, 0.25) is 0 Å². The van der Waals surface area contributed by atoms with Gasteiger partial charge in [-0.1, -0.05) is 38.1 Å². The highest BCUT2D eigenvalue weighted by atomic mass is 16.6. The Bertz CT molecular complexity index is 807. The zero-order chi connectivity index (χ0) is 19.8. The van der Waals surface area contributed by atoms with E-state index in [1.165, 1.54) is 16.8 Å². The highest BCUT2D eigenvalue weighted by molar-refractivity contribution is 5.51. The van der Waals surface area contributed by atoms with Gasteiger partial charge in [-0.25, -0.2) is 0 Å². The van der Waals surface area contributed by atoms with Gasteiger partial charge in [0, 0.05) is 24.2 Å². The van der Waals surface area contributed by atoms with Crippen LogP contribution in [0.15, 0.2) is 48.5 Å². The summed E-state index contributed by atoms with van der Waals surface area (Å²) >= 11 is 0. The minimum atomic E-state index is -0.0826. The summed E-state index contributed by atoms with van der Waals surface area (Å²) in [6.07, 6.45) is 1.02. The van der Waals surface area contributed by atoms with E-state index in [4.69, 9.17) is 18.9 Å². The van der Waals surface area contributed by atoms with Crippen molar-refractivity contribution in [3.8, 4) is 5.75 Å². The van der Waals surface area contributed by atoms with Crippen LogP contribution in [-0.2, 0) is 19.6 Å². The van der Waals surface area contributed by atoms with Gasteiger partial charge in [0.2, 0.25) is 0 Å². The van der Waals surface area contributed by atoms with Crippen molar-refractivity contribution in [2.45, 2.75) is 37.6 Å². The summed E-state index contributed by atoms with van der Waals surface area (Å²) in [7, 11) is 0. The van der Waals surface area contributed by atoms with E-state index in [0.29, 0.717) is 18.8 Å². The summed E-state index contributed by atoms with van der Waals surface area (Å²) in [6.45, 7) is 9.62. The quantitative estimate of drug-likeness (QED) is 0.577. The lowest BCUT2D eigenvalue weighted by Gasteiger charge is -2.28. The molecule has 0 bridgehead atoms. The predicted molar refractivity (Wildman–Crippen MR) is 112 cm³/mol. The van der Waals surface area contributed by atoms with Crippen LogP contribution in [0.3, 0.4) is 0 Å². The molecule has 3 saturated heterocycles. The summed E-state index contributed by atoms with van der Waals surface area (Å²) < 4.78 is 21.9. The van der Waals surface area contributed by atoms with E-state index in [1.54, 1.807) is 0 Å². The Hall–Kier alpha value is -2.08. The summed E-state index contributed by atoms with van der Waals surface area (Å²) in [5.74, 6) is 0.899. The van der Waals surface area contributed by atoms with Crippen LogP contribution in [0.1, 0.15) is 25.0 Å². The number of ether oxygens (including phenoxy) is 4. The third kappa shape index (κ3) is 4.74. The van der Waals surface area contributed by atoms with Crippen LogP contribution in [0.25, 0.3) is 0 Å². The van der Waals surface area contributed by atoms with Gasteiger partial charge < -0.3 is 23.8 Å². The first-order chi connectivity index (χ1) is 14.1. The standard InChI is InChI=1S/C24H29NO4/c1-24(2,18-5-9-20(10-6-18)26-15-23-16-29-23)17-3-7-19(8-4-17)25(11-21-13-27-21)12-22-14-28-22/h3-10,21-23H,11-16H2,1-2H3. The number of nitrogens with zero attached hydrogens (tertiary/aromatic N) is 1. The maximum Gasteiger partial charge on any atom is 0.119 e. The Morgan fingerprint density at radius 3 is 1.76 bits per heavy atom. The average Bonchev–Trinajstić information content (AvgIpc) is 3.58. The highest BCUT2D eigenvalue weighted by Crippen LogP contribution is 2.34. The van der Waals surface area contributed by atoms with Crippen molar-refractivity contribution in [3.05, 3.63) is 59.7 Å². The van der Waals surface area contributed by atoms with Crippen molar-refractivity contribution >= 4 is 5.69 Å². The molecule has 5 rings (SSSR count). The smallest absolute Gasteiger partial charge is 0.119 e. The zero-order valence-electron chi connectivity index (χ0n) is 17.2. The largest absolute Gasteiger partial charge is 0.491 e. The van der Waals surface area contributed by atoms with E-state index >= 15 is 0 Å². The minimum absolute atomic E-state index is 0.0826. The second kappa shape index (κ2) is 7.63. The topological polar surface area (TPSA) is 50.1 Å². The fourth-order valence-electron chi connectivity index (χ4n) is 3.70. The van der Waals surface area contributed by atoms with E-state index in [0.717, 1.165) is 38.7 Å². The van der Waals surface area contributed by atoms with Gasteiger partial charge >= 0.3 is 0 Å². The van der Waals surface area contributed by atoms with E-state index in [1.807, 2.05) is 0 Å². The highest BCUT2D eigenvalue weighted by Gasteiger charge is 2.31. The molecule has 3 atom stereocenters. The van der Waals surface area contributed by atoms with Crippen molar-refractivity contribution in [3.63, 3.8) is 0 Å². The normalized spacial score (nSPS) is 24.8. The molecule has 29 heavy (non-hydrogen) atoms. The van der Waals surface area contributed by atoms with E-state index in [-0.39, 0.29) is 11.5 Å². The number of hydrogen-bond donors (Lipinski definition) is 0. The van der Waals surface area contributed by atoms with Crippen LogP contribution in [0.5, 0.6) is 5.75 Å². The van der Waals surface area contributed by atoms with Crippen molar-refractivity contribution in [2.75, 3.05) is 44.4 Å². The lowest BCUT2D eigenvalue weighted by molar-refractivity contribution is 0.263. The average molecular weight is 395 g/mol. The molecule has 0 saturated carbocycles. The van der Waals surface area contributed by atoms with Crippen LogP contribution in [-0.4, -0.2) is 57.8 Å². The fourth-order valence-corrected chi connectivity index (χ4v) is 3.70. The van der Waals surface area contributed by atoms with Gasteiger partial charge in [0.25, 0.3) is 0 Å². The maximum absolute atomic E-state index is 5.77. The number of benzene rings is 2. The molecule has 2 aromatic carbocycles. The molecule has 0 amide bonds. The van der Waals surface area contributed by atoms with E-state index in [9.17, 15) is 0 Å². The van der Waals surface area contributed by atoms with Gasteiger partial charge in [-0.05, 0) is 35.4 Å². The Morgan fingerprint density at radius 2 is 1.28 bits per heavy atom. The third-order valence-electron chi connectivity index (χ3n) is 6.02. The molecular weight excluding hydrogens is 366 g/mol. The first kappa shape index (κ1) is 18.9. The van der Waals surface area contributed by atoms with Gasteiger partial charge in [-0.15, -0.1) is 0 Å². The number of epoxide rings is 3. The molecule has 3 fully saturated rings. The SMILES string of the molecule is CC(C)(c1ccc(OCC2CO2)cc1)c1ccc(N(CC2CO2)CC2CO2)cc1. The lowest BCUT2D eigenvalue weighted by Crippen LogP contribution is -2.31. The number of hydrogen-bond acceptors (Lipinski definition) is 5. The monoisotopic (exact) mass is 395 g/mol. The number of anilines is 1. The molecule has 154 valence electrons. The predicted octanol–water partition coefficient (Wildman–Crippen LogP) is 3.39.